The van der Waals surface area contributed by atoms with Gasteiger partial charge in [0.2, 0.25) is 0 Å². The lowest BCUT2D eigenvalue weighted by atomic mass is 10.1. The van der Waals surface area contributed by atoms with Crippen molar-refractivity contribution in [2.24, 2.45) is 0 Å². The molecular formula is C19H14ClF4NO2. The standard InChI is InChI=1S/C19H14ClF4NO2/c20-14-8-25(19-15(22)2-1-3-16(19)23)13(9-26)7-18(14)27-10-11-4-5-12(21)6-17(11)24/h1-7,26H,8-10H2. The molecule has 0 radical (unpaired) electrons. The average Bonchev–Trinajstić information content (AvgIpc) is 2.62. The fourth-order valence-electron chi connectivity index (χ4n) is 2.64. The van der Waals surface area contributed by atoms with Gasteiger partial charge in [0.1, 0.15) is 41.3 Å². The Morgan fingerprint density at radius 3 is 2.37 bits per heavy atom. The summed E-state index contributed by atoms with van der Waals surface area (Å²) in [6.45, 7) is -0.913. The lowest BCUT2D eigenvalue weighted by Crippen LogP contribution is -2.31. The number of aliphatic hydroxyl groups is 1. The predicted octanol–water partition coefficient (Wildman–Crippen LogP) is 4.61. The Balaban J connectivity index is 1.84. The third-order valence-electron chi connectivity index (χ3n) is 3.98. The van der Waals surface area contributed by atoms with Crippen LogP contribution in [0.4, 0.5) is 23.2 Å². The van der Waals surface area contributed by atoms with Gasteiger partial charge in [-0.25, -0.2) is 17.6 Å². The third kappa shape index (κ3) is 4.09. The molecule has 27 heavy (non-hydrogen) atoms. The van der Waals surface area contributed by atoms with Crippen LogP contribution in [-0.2, 0) is 11.3 Å². The van der Waals surface area contributed by atoms with Crippen LogP contribution < -0.4 is 4.90 Å². The zero-order valence-electron chi connectivity index (χ0n) is 13.9. The van der Waals surface area contributed by atoms with Crippen LogP contribution in [0.25, 0.3) is 0 Å². The van der Waals surface area contributed by atoms with Crippen molar-refractivity contribution in [1.29, 1.82) is 0 Å². The molecule has 0 spiro atoms. The van der Waals surface area contributed by atoms with E-state index in [1.54, 1.807) is 0 Å². The summed E-state index contributed by atoms with van der Waals surface area (Å²) in [4.78, 5) is 1.19. The van der Waals surface area contributed by atoms with Crippen LogP contribution in [0.5, 0.6) is 0 Å². The lowest BCUT2D eigenvalue weighted by Gasteiger charge is -2.31. The number of hydrogen-bond donors (Lipinski definition) is 1. The second kappa shape index (κ2) is 8.02. The molecule has 3 rings (SSSR count). The largest absolute Gasteiger partial charge is 0.487 e. The monoisotopic (exact) mass is 399 g/mol. The molecule has 142 valence electrons. The van der Waals surface area contributed by atoms with E-state index >= 15 is 0 Å². The van der Waals surface area contributed by atoms with E-state index in [-0.39, 0.29) is 40.9 Å². The van der Waals surface area contributed by atoms with E-state index < -0.39 is 29.9 Å². The number of anilines is 1. The van der Waals surface area contributed by atoms with Crippen LogP contribution >= 0.6 is 11.6 Å². The number of halogens is 5. The third-order valence-corrected chi connectivity index (χ3v) is 4.28. The van der Waals surface area contributed by atoms with Crippen molar-refractivity contribution >= 4 is 17.3 Å². The molecule has 1 aliphatic rings. The van der Waals surface area contributed by atoms with Crippen molar-refractivity contribution in [2.45, 2.75) is 6.61 Å². The second-order valence-electron chi connectivity index (χ2n) is 5.74. The maximum absolute atomic E-state index is 14.1. The molecule has 2 aromatic carbocycles. The van der Waals surface area contributed by atoms with Gasteiger partial charge >= 0.3 is 0 Å². The zero-order chi connectivity index (χ0) is 19.6. The molecule has 0 saturated heterocycles. The highest BCUT2D eigenvalue weighted by molar-refractivity contribution is 6.30. The van der Waals surface area contributed by atoms with E-state index in [2.05, 4.69) is 0 Å². The molecule has 3 nitrogen and oxygen atoms in total. The van der Waals surface area contributed by atoms with Crippen molar-refractivity contribution in [2.75, 3.05) is 18.1 Å². The van der Waals surface area contributed by atoms with Crippen LogP contribution in [0, 0.1) is 23.3 Å². The molecule has 0 amide bonds. The minimum atomic E-state index is -0.809. The van der Waals surface area contributed by atoms with Crippen LogP contribution in [-0.4, -0.2) is 18.3 Å². The Morgan fingerprint density at radius 1 is 1.04 bits per heavy atom. The van der Waals surface area contributed by atoms with Gasteiger partial charge in [-0.05, 0) is 24.3 Å². The summed E-state index contributed by atoms with van der Waals surface area (Å²) in [6, 6.07) is 6.47. The summed E-state index contributed by atoms with van der Waals surface area (Å²) >= 11 is 6.17. The molecule has 0 fully saturated rings. The molecule has 8 heteroatoms. The highest BCUT2D eigenvalue weighted by atomic mass is 35.5. The van der Waals surface area contributed by atoms with Gasteiger partial charge in [0.25, 0.3) is 0 Å². The first kappa shape index (κ1) is 19.3. The molecule has 1 heterocycles. The average molecular weight is 400 g/mol. The molecule has 2 aromatic rings. The molecule has 0 aromatic heterocycles. The van der Waals surface area contributed by atoms with Crippen LogP contribution in [0.15, 0.2) is 59.0 Å². The Morgan fingerprint density at radius 2 is 1.74 bits per heavy atom. The molecule has 1 N–H and O–H groups in total. The number of aliphatic hydroxyl groups excluding tert-OH is 1. The number of benzene rings is 2. The van der Waals surface area contributed by atoms with Crippen molar-refractivity contribution in [3.63, 3.8) is 0 Å². The summed E-state index contributed by atoms with van der Waals surface area (Å²) in [5, 5.41) is 9.70. The van der Waals surface area contributed by atoms with Crippen molar-refractivity contribution in [1.82, 2.24) is 0 Å². The highest BCUT2D eigenvalue weighted by Crippen LogP contribution is 2.33. The van der Waals surface area contributed by atoms with E-state index in [0.29, 0.717) is 0 Å². The number of hydrogen-bond acceptors (Lipinski definition) is 3. The number of para-hydroxylation sites is 1. The topological polar surface area (TPSA) is 32.7 Å². The van der Waals surface area contributed by atoms with Crippen molar-refractivity contribution in [3.8, 4) is 0 Å². The Bertz CT molecular complexity index is 910. The summed E-state index contributed by atoms with van der Waals surface area (Å²) < 4.78 is 60.2. The number of rotatable bonds is 5. The predicted molar refractivity (Wildman–Crippen MR) is 92.9 cm³/mol. The number of allylic oxidation sites excluding steroid dienone is 1. The van der Waals surface area contributed by atoms with Gasteiger partial charge in [0, 0.05) is 23.4 Å². The van der Waals surface area contributed by atoms with E-state index in [4.69, 9.17) is 16.3 Å². The van der Waals surface area contributed by atoms with Gasteiger partial charge in [-0.1, -0.05) is 17.7 Å². The molecular weight excluding hydrogens is 386 g/mol. The van der Waals surface area contributed by atoms with Crippen molar-refractivity contribution in [3.05, 3.63) is 87.8 Å². The Kier molecular flexibility index (Phi) is 5.72. The Hall–Kier alpha value is -2.51. The van der Waals surface area contributed by atoms with Gasteiger partial charge in [-0.2, -0.15) is 0 Å². The van der Waals surface area contributed by atoms with Gasteiger partial charge in [-0.15, -0.1) is 0 Å². The molecule has 0 bridgehead atoms. The van der Waals surface area contributed by atoms with Gasteiger partial charge in [-0.3, -0.25) is 0 Å². The Labute approximate surface area is 157 Å². The van der Waals surface area contributed by atoms with Gasteiger partial charge in [0.15, 0.2) is 0 Å². The molecule has 0 saturated carbocycles. The lowest BCUT2D eigenvalue weighted by molar-refractivity contribution is 0.202. The fourth-order valence-corrected chi connectivity index (χ4v) is 2.87. The van der Waals surface area contributed by atoms with Crippen molar-refractivity contribution < 1.29 is 27.4 Å². The molecule has 1 aliphatic heterocycles. The minimum Gasteiger partial charge on any atom is -0.487 e. The SMILES string of the molecule is OCC1=CC(OCc2ccc(F)cc2F)=C(Cl)CN1c1c(F)cccc1F. The van der Waals surface area contributed by atoms with Gasteiger partial charge < -0.3 is 14.7 Å². The normalized spacial score (nSPS) is 14.4. The first-order valence-corrected chi connectivity index (χ1v) is 8.27. The minimum absolute atomic E-state index is 0.106. The van der Waals surface area contributed by atoms with E-state index in [1.807, 2.05) is 0 Å². The molecule has 0 atom stereocenters. The first-order chi connectivity index (χ1) is 12.9. The summed E-state index contributed by atoms with van der Waals surface area (Å²) in [7, 11) is 0. The summed E-state index contributed by atoms with van der Waals surface area (Å²) in [5.41, 5.74) is -0.0903. The second-order valence-corrected chi connectivity index (χ2v) is 6.20. The smallest absolute Gasteiger partial charge is 0.149 e. The summed E-state index contributed by atoms with van der Waals surface area (Å²) in [6.07, 6.45) is 1.32. The first-order valence-electron chi connectivity index (χ1n) is 7.89. The highest BCUT2D eigenvalue weighted by Gasteiger charge is 2.26. The molecule has 0 unspecified atom stereocenters. The van der Waals surface area contributed by atoms with Crippen LogP contribution in [0.3, 0.4) is 0 Å². The van der Waals surface area contributed by atoms with Crippen LogP contribution in [0.1, 0.15) is 5.56 Å². The fraction of sp³-hybridized carbons (Fsp3) is 0.158. The van der Waals surface area contributed by atoms with E-state index in [0.717, 1.165) is 24.3 Å². The number of nitrogens with zero attached hydrogens (tertiary/aromatic N) is 1. The molecule has 0 aliphatic carbocycles. The van der Waals surface area contributed by atoms with E-state index in [9.17, 15) is 22.7 Å². The van der Waals surface area contributed by atoms with Crippen LogP contribution in [0.2, 0.25) is 0 Å². The summed E-state index contributed by atoms with van der Waals surface area (Å²) in [5.74, 6) is -2.98. The maximum Gasteiger partial charge on any atom is 0.149 e. The maximum atomic E-state index is 14.1. The number of ether oxygens (including phenoxy) is 1. The van der Waals surface area contributed by atoms with E-state index in [1.165, 1.54) is 23.1 Å². The quantitative estimate of drug-likeness (QED) is 0.745. The van der Waals surface area contributed by atoms with Gasteiger partial charge in [0.05, 0.1) is 18.2 Å². The zero-order valence-corrected chi connectivity index (χ0v) is 14.6.